The molecule has 1 aliphatic heterocycles. The van der Waals surface area contributed by atoms with Crippen molar-refractivity contribution in [2.24, 2.45) is 0 Å². The summed E-state index contributed by atoms with van der Waals surface area (Å²) in [6, 6.07) is 16.7. The number of ether oxygens (including phenoxy) is 1. The summed E-state index contributed by atoms with van der Waals surface area (Å²) in [5, 5.41) is 2.53. The summed E-state index contributed by atoms with van der Waals surface area (Å²) in [7, 11) is -7.30. The molecular weight excluding hydrogens is 430 g/mol. The van der Waals surface area contributed by atoms with Crippen LogP contribution >= 0.6 is 0 Å². The van der Waals surface area contributed by atoms with E-state index in [-0.39, 0.29) is 30.3 Å². The van der Waals surface area contributed by atoms with Crippen LogP contribution in [0.2, 0.25) is 0 Å². The van der Waals surface area contributed by atoms with Gasteiger partial charge in [-0.3, -0.25) is 4.18 Å². The van der Waals surface area contributed by atoms with Gasteiger partial charge >= 0.3 is 6.09 Å². The summed E-state index contributed by atoms with van der Waals surface area (Å²) in [5.41, 5.74) is 1.25. The number of hydrogen-bond donors (Lipinski definition) is 1. The third kappa shape index (κ3) is 6.82. The maximum absolute atomic E-state index is 12.4. The minimum Gasteiger partial charge on any atom is -0.442 e. The van der Waals surface area contributed by atoms with Gasteiger partial charge in [0.25, 0.3) is 10.1 Å². The molecule has 0 bridgehead atoms. The summed E-state index contributed by atoms with van der Waals surface area (Å²) < 4.78 is 59.2. The van der Waals surface area contributed by atoms with Gasteiger partial charge in [0, 0.05) is 0 Å². The molecule has 2 aromatic carbocycles. The molecule has 8 nitrogen and oxygen atoms in total. The molecule has 3 rings (SSSR count). The molecule has 1 N–H and O–H groups in total. The van der Waals surface area contributed by atoms with Gasteiger partial charge in [0.1, 0.15) is 18.5 Å². The third-order valence-corrected chi connectivity index (χ3v) is 7.39. The molecule has 2 unspecified atom stereocenters. The second kappa shape index (κ2) is 9.59. The van der Waals surface area contributed by atoms with Crippen LogP contribution in [0.3, 0.4) is 0 Å². The van der Waals surface area contributed by atoms with Crippen LogP contribution in [0.15, 0.2) is 60.7 Å². The van der Waals surface area contributed by atoms with Gasteiger partial charge in [-0.2, -0.15) is 8.42 Å². The molecule has 1 aliphatic rings. The smallest absolute Gasteiger partial charge is 0.407 e. The lowest BCUT2D eigenvalue weighted by Gasteiger charge is -2.17. The maximum Gasteiger partial charge on any atom is 0.407 e. The molecule has 0 saturated carbocycles. The third-order valence-electron chi connectivity index (χ3n) is 4.58. The highest BCUT2D eigenvalue weighted by Crippen LogP contribution is 2.17. The molecule has 0 aliphatic carbocycles. The van der Waals surface area contributed by atoms with Crippen molar-refractivity contribution in [2.45, 2.75) is 30.1 Å². The van der Waals surface area contributed by atoms with Crippen LogP contribution < -0.4 is 5.32 Å². The SMILES string of the molecule is O=C1NC(CCS(=O)(=O)Cc2ccccc2)C(COS(=O)(=O)Cc2ccccc2)O1. The minimum absolute atomic E-state index is 0.0909. The van der Waals surface area contributed by atoms with Crippen molar-refractivity contribution in [3.05, 3.63) is 71.8 Å². The van der Waals surface area contributed by atoms with E-state index in [1.54, 1.807) is 60.7 Å². The molecule has 30 heavy (non-hydrogen) atoms. The van der Waals surface area contributed by atoms with E-state index in [0.717, 1.165) is 0 Å². The van der Waals surface area contributed by atoms with Crippen molar-refractivity contribution in [1.29, 1.82) is 0 Å². The number of rotatable bonds is 10. The van der Waals surface area contributed by atoms with Crippen molar-refractivity contribution in [2.75, 3.05) is 12.4 Å². The fourth-order valence-corrected chi connectivity index (χ4v) is 5.59. The molecule has 1 heterocycles. The lowest BCUT2D eigenvalue weighted by molar-refractivity contribution is 0.0934. The Hall–Kier alpha value is -2.43. The Morgan fingerprint density at radius 2 is 1.43 bits per heavy atom. The normalized spacial score (nSPS) is 19.3. The monoisotopic (exact) mass is 453 g/mol. The van der Waals surface area contributed by atoms with Gasteiger partial charge in [-0.15, -0.1) is 0 Å². The van der Waals surface area contributed by atoms with E-state index >= 15 is 0 Å². The maximum atomic E-state index is 12.4. The van der Waals surface area contributed by atoms with Gasteiger partial charge in [-0.05, 0) is 17.5 Å². The van der Waals surface area contributed by atoms with E-state index in [0.29, 0.717) is 11.1 Å². The number of carbonyl (C=O) groups excluding carboxylic acids is 1. The standard InChI is InChI=1S/C20H23NO7S2/c22-20-21-18(11-12-29(23,24)14-16-7-3-1-4-8-16)19(28-20)13-27-30(25,26)15-17-9-5-2-6-10-17/h1-10,18-19H,11-15H2,(H,21,22). The van der Waals surface area contributed by atoms with Crippen molar-refractivity contribution < 1.29 is 30.6 Å². The van der Waals surface area contributed by atoms with Crippen LogP contribution in [-0.4, -0.2) is 47.4 Å². The van der Waals surface area contributed by atoms with Crippen LogP contribution in [-0.2, 0) is 40.4 Å². The van der Waals surface area contributed by atoms with Gasteiger partial charge in [-0.1, -0.05) is 60.7 Å². The summed E-state index contributed by atoms with van der Waals surface area (Å²) in [6.45, 7) is -0.378. The fourth-order valence-electron chi connectivity index (χ4n) is 3.10. The average molecular weight is 454 g/mol. The Labute approximate surface area is 176 Å². The zero-order chi connectivity index (χ0) is 21.6. The molecule has 2 atom stereocenters. The quantitative estimate of drug-likeness (QED) is 0.547. The first-order valence-corrected chi connectivity index (χ1v) is 12.7. The van der Waals surface area contributed by atoms with E-state index in [1.807, 2.05) is 0 Å². The van der Waals surface area contributed by atoms with Gasteiger partial charge in [-0.25, -0.2) is 13.2 Å². The number of benzene rings is 2. The highest BCUT2D eigenvalue weighted by atomic mass is 32.2. The van der Waals surface area contributed by atoms with Crippen LogP contribution in [0.25, 0.3) is 0 Å². The largest absolute Gasteiger partial charge is 0.442 e. The molecule has 10 heteroatoms. The molecule has 0 spiro atoms. The van der Waals surface area contributed by atoms with Gasteiger partial charge in [0.05, 0.1) is 17.5 Å². The number of hydrogen-bond acceptors (Lipinski definition) is 7. The van der Waals surface area contributed by atoms with Crippen LogP contribution in [0.4, 0.5) is 4.79 Å². The zero-order valence-corrected chi connectivity index (χ0v) is 17.8. The Morgan fingerprint density at radius 1 is 0.867 bits per heavy atom. The first-order chi connectivity index (χ1) is 14.2. The van der Waals surface area contributed by atoms with Gasteiger partial charge in [0.2, 0.25) is 0 Å². The van der Waals surface area contributed by atoms with Crippen LogP contribution in [0, 0.1) is 0 Å². The number of nitrogens with one attached hydrogen (secondary N) is 1. The van der Waals surface area contributed by atoms with E-state index in [4.69, 9.17) is 8.92 Å². The first kappa shape index (κ1) is 22.3. The molecule has 1 amide bonds. The van der Waals surface area contributed by atoms with Gasteiger partial charge < -0.3 is 10.1 Å². The molecule has 1 fully saturated rings. The van der Waals surface area contributed by atoms with E-state index in [9.17, 15) is 21.6 Å². The predicted molar refractivity (Wildman–Crippen MR) is 111 cm³/mol. The van der Waals surface area contributed by atoms with E-state index < -0.39 is 38.2 Å². The highest BCUT2D eigenvalue weighted by Gasteiger charge is 2.36. The molecule has 0 radical (unpaired) electrons. The molecule has 2 aromatic rings. The first-order valence-electron chi connectivity index (χ1n) is 9.35. The van der Waals surface area contributed by atoms with Crippen LogP contribution in [0.1, 0.15) is 17.5 Å². The number of carbonyl (C=O) groups is 1. The Kier molecular flexibility index (Phi) is 7.11. The lowest BCUT2D eigenvalue weighted by Crippen LogP contribution is -2.36. The number of amides is 1. The Morgan fingerprint density at radius 3 is 2.03 bits per heavy atom. The lowest BCUT2D eigenvalue weighted by atomic mass is 10.1. The van der Waals surface area contributed by atoms with Crippen molar-refractivity contribution in [3.63, 3.8) is 0 Å². The number of alkyl carbamates (subject to hydrolysis) is 1. The predicted octanol–water partition coefficient (Wildman–Crippen LogP) is 2.02. The fraction of sp³-hybridized carbons (Fsp3) is 0.350. The summed E-state index contributed by atoms with van der Waals surface area (Å²) in [6.07, 6.45) is -1.53. The molecule has 162 valence electrons. The summed E-state index contributed by atoms with van der Waals surface area (Å²) in [5.74, 6) is -0.594. The van der Waals surface area contributed by atoms with E-state index in [1.165, 1.54) is 0 Å². The van der Waals surface area contributed by atoms with Crippen LogP contribution in [0.5, 0.6) is 0 Å². The number of sulfone groups is 1. The number of cyclic esters (lactones) is 1. The average Bonchev–Trinajstić information content (AvgIpc) is 3.06. The van der Waals surface area contributed by atoms with Crippen molar-refractivity contribution >= 4 is 26.0 Å². The van der Waals surface area contributed by atoms with E-state index in [2.05, 4.69) is 5.32 Å². The summed E-state index contributed by atoms with van der Waals surface area (Å²) >= 11 is 0. The second-order valence-electron chi connectivity index (χ2n) is 7.03. The topological polar surface area (TPSA) is 116 Å². The molecule has 1 saturated heterocycles. The highest BCUT2D eigenvalue weighted by molar-refractivity contribution is 7.90. The Bertz CT molecular complexity index is 969. The van der Waals surface area contributed by atoms with Crippen molar-refractivity contribution in [1.82, 2.24) is 5.32 Å². The zero-order valence-electron chi connectivity index (χ0n) is 16.1. The van der Waals surface area contributed by atoms with Gasteiger partial charge in [0.15, 0.2) is 9.84 Å². The molecule has 0 aromatic heterocycles. The van der Waals surface area contributed by atoms with Crippen molar-refractivity contribution in [3.8, 4) is 0 Å². The Balaban J connectivity index is 1.54. The minimum atomic E-state index is -3.88. The molecular formula is C20H23NO7S2. The second-order valence-corrected chi connectivity index (χ2v) is 10.9. The summed E-state index contributed by atoms with van der Waals surface area (Å²) in [4.78, 5) is 11.6.